The van der Waals surface area contributed by atoms with Gasteiger partial charge in [-0.1, -0.05) is 60.7 Å². The van der Waals surface area contributed by atoms with Gasteiger partial charge in [0.2, 0.25) is 5.91 Å². The van der Waals surface area contributed by atoms with E-state index >= 15 is 0 Å². The molecule has 0 radical (unpaired) electrons. The van der Waals surface area contributed by atoms with Crippen molar-refractivity contribution in [2.45, 2.75) is 18.9 Å². The van der Waals surface area contributed by atoms with Gasteiger partial charge in [0.15, 0.2) is 0 Å². The predicted octanol–water partition coefficient (Wildman–Crippen LogP) is 4.12. The van der Waals surface area contributed by atoms with Gasteiger partial charge in [0.1, 0.15) is 11.8 Å². The average molecular weight is 305 g/mol. The van der Waals surface area contributed by atoms with Gasteiger partial charge < -0.3 is 9.73 Å². The van der Waals surface area contributed by atoms with Crippen LogP contribution in [0.15, 0.2) is 83.5 Å². The van der Waals surface area contributed by atoms with Gasteiger partial charge in [0.25, 0.3) is 0 Å². The Balaban J connectivity index is 1.68. The summed E-state index contributed by atoms with van der Waals surface area (Å²) in [6.45, 7) is 0. The highest BCUT2D eigenvalue weighted by Crippen LogP contribution is 2.22. The summed E-state index contributed by atoms with van der Waals surface area (Å²) < 4.78 is 5.50. The highest BCUT2D eigenvalue weighted by molar-refractivity contribution is 5.77. The maximum absolute atomic E-state index is 12.3. The summed E-state index contributed by atoms with van der Waals surface area (Å²) >= 11 is 0. The van der Waals surface area contributed by atoms with Gasteiger partial charge in [0, 0.05) is 6.42 Å². The van der Waals surface area contributed by atoms with E-state index in [2.05, 4.69) is 5.32 Å². The molecule has 116 valence electrons. The Morgan fingerprint density at radius 2 is 1.61 bits per heavy atom. The summed E-state index contributed by atoms with van der Waals surface area (Å²) in [7, 11) is 0. The molecule has 1 heterocycles. The number of hydrogen-bond donors (Lipinski definition) is 1. The number of amides is 1. The van der Waals surface area contributed by atoms with Crippen LogP contribution in [0.1, 0.15) is 29.3 Å². The third-order valence-corrected chi connectivity index (χ3v) is 3.75. The van der Waals surface area contributed by atoms with E-state index in [1.54, 1.807) is 6.26 Å². The van der Waals surface area contributed by atoms with Crippen molar-refractivity contribution in [2.75, 3.05) is 0 Å². The van der Waals surface area contributed by atoms with E-state index in [-0.39, 0.29) is 11.9 Å². The third-order valence-electron chi connectivity index (χ3n) is 3.75. The number of aryl methyl sites for hydroxylation is 1. The van der Waals surface area contributed by atoms with Gasteiger partial charge in [0.05, 0.1) is 6.26 Å². The van der Waals surface area contributed by atoms with Crippen molar-refractivity contribution in [3.8, 4) is 0 Å². The van der Waals surface area contributed by atoms with Crippen molar-refractivity contribution in [2.24, 2.45) is 0 Å². The van der Waals surface area contributed by atoms with E-state index in [1.807, 2.05) is 72.8 Å². The molecule has 3 rings (SSSR count). The van der Waals surface area contributed by atoms with Crippen molar-refractivity contribution >= 4 is 5.91 Å². The highest BCUT2D eigenvalue weighted by Gasteiger charge is 2.18. The summed E-state index contributed by atoms with van der Waals surface area (Å²) in [4.78, 5) is 12.3. The summed E-state index contributed by atoms with van der Waals surface area (Å²) in [5.41, 5.74) is 2.17. The average Bonchev–Trinajstić information content (AvgIpc) is 3.14. The molecule has 0 fully saturated rings. The zero-order valence-electron chi connectivity index (χ0n) is 12.8. The molecule has 0 saturated carbocycles. The molecular formula is C20H19NO2. The van der Waals surface area contributed by atoms with Gasteiger partial charge in [-0.25, -0.2) is 0 Å². The van der Waals surface area contributed by atoms with Crippen LogP contribution in [-0.2, 0) is 11.2 Å². The Kier molecular flexibility index (Phi) is 4.89. The van der Waals surface area contributed by atoms with E-state index in [0.29, 0.717) is 6.42 Å². The van der Waals surface area contributed by atoms with Crippen molar-refractivity contribution in [1.29, 1.82) is 0 Å². The highest BCUT2D eigenvalue weighted by atomic mass is 16.3. The van der Waals surface area contributed by atoms with Gasteiger partial charge in [-0.3, -0.25) is 4.79 Å². The van der Waals surface area contributed by atoms with E-state index < -0.39 is 0 Å². The number of rotatable bonds is 6. The maximum atomic E-state index is 12.3. The third kappa shape index (κ3) is 4.10. The van der Waals surface area contributed by atoms with Crippen LogP contribution in [0.2, 0.25) is 0 Å². The van der Waals surface area contributed by atoms with E-state index in [9.17, 15) is 4.79 Å². The van der Waals surface area contributed by atoms with Crippen molar-refractivity contribution in [3.63, 3.8) is 0 Å². The summed E-state index contributed by atoms with van der Waals surface area (Å²) in [5, 5.41) is 3.07. The fourth-order valence-electron chi connectivity index (χ4n) is 2.56. The lowest BCUT2D eigenvalue weighted by molar-refractivity contribution is -0.121. The molecule has 0 bridgehead atoms. The second-order valence-corrected chi connectivity index (χ2v) is 5.41. The molecule has 0 aliphatic carbocycles. The molecule has 1 N–H and O–H groups in total. The molecule has 0 saturated heterocycles. The topological polar surface area (TPSA) is 42.2 Å². The van der Waals surface area contributed by atoms with Crippen LogP contribution in [-0.4, -0.2) is 5.91 Å². The number of carbonyl (C=O) groups excluding carboxylic acids is 1. The summed E-state index contributed by atoms with van der Waals surface area (Å²) in [6, 6.07) is 23.4. The van der Waals surface area contributed by atoms with Crippen molar-refractivity contribution < 1.29 is 9.21 Å². The van der Waals surface area contributed by atoms with Gasteiger partial charge in [-0.15, -0.1) is 0 Å². The number of carbonyl (C=O) groups is 1. The molecule has 3 heteroatoms. The van der Waals surface area contributed by atoms with Crippen LogP contribution < -0.4 is 5.32 Å². The standard InChI is InChI=1S/C20H19NO2/c22-19(14-13-16-8-3-1-4-9-16)21-20(18-12-7-15-23-18)17-10-5-2-6-11-17/h1-12,15,20H,13-14H2,(H,21,22)/t20-/m1/s1. The zero-order valence-corrected chi connectivity index (χ0v) is 12.8. The first-order valence-electron chi connectivity index (χ1n) is 7.74. The predicted molar refractivity (Wildman–Crippen MR) is 89.9 cm³/mol. The van der Waals surface area contributed by atoms with Crippen molar-refractivity contribution in [3.05, 3.63) is 95.9 Å². The van der Waals surface area contributed by atoms with E-state index in [4.69, 9.17) is 4.42 Å². The zero-order chi connectivity index (χ0) is 15.9. The molecule has 3 aromatic rings. The summed E-state index contributed by atoms with van der Waals surface area (Å²) in [5.74, 6) is 0.753. The minimum absolute atomic E-state index is 0.0131. The lowest BCUT2D eigenvalue weighted by Crippen LogP contribution is -2.29. The van der Waals surface area contributed by atoms with E-state index in [0.717, 1.165) is 23.3 Å². The molecule has 1 atom stereocenters. The number of furan rings is 1. The molecule has 23 heavy (non-hydrogen) atoms. The molecule has 0 aliphatic rings. The fourth-order valence-corrected chi connectivity index (χ4v) is 2.56. The Morgan fingerprint density at radius 3 is 2.26 bits per heavy atom. The Bertz CT molecular complexity index is 721. The summed E-state index contributed by atoms with van der Waals surface area (Å²) in [6.07, 6.45) is 2.81. The molecule has 0 aliphatic heterocycles. The Morgan fingerprint density at radius 1 is 0.913 bits per heavy atom. The van der Waals surface area contributed by atoms with Gasteiger partial charge >= 0.3 is 0 Å². The second kappa shape index (κ2) is 7.45. The minimum Gasteiger partial charge on any atom is -0.467 e. The molecular weight excluding hydrogens is 286 g/mol. The Labute approximate surface area is 136 Å². The monoisotopic (exact) mass is 305 g/mol. The smallest absolute Gasteiger partial charge is 0.221 e. The molecule has 1 aromatic heterocycles. The maximum Gasteiger partial charge on any atom is 0.221 e. The minimum atomic E-state index is -0.255. The first-order chi connectivity index (χ1) is 11.3. The van der Waals surface area contributed by atoms with Gasteiger partial charge in [-0.05, 0) is 29.7 Å². The molecule has 0 spiro atoms. The first-order valence-corrected chi connectivity index (χ1v) is 7.74. The number of hydrogen-bond acceptors (Lipinski definition) is 2. The Hall–Kier alpha value is -2.81. The van der Waals surface area contributed by atoms with Crippen LogP contribution in [0.25, 0.3) is 0 Å². The fraction of sp³-hybridized carbons (Fsp3) is 0.150. The molecule has 0 unspecified atom stereocenters. The number of benzene rings is 2. The lowest BCUT2D eigenvalue weighted by Gasteiger charge is -2.17. The molecule has 2 aromatic carbocycles. The second-order valence-electron chi connectivity index (χ2n) is 5.41. The van der Waals surface area contributed by atoms with Crippen LogP contribution in [0, 0.1) is 0 Å². The SMILES string of the molecule is O=C(CCc1ccccc1)N[C@H](c1ccccc1)c1ccco1. The molecule has 3 nitrogen and oxygen atoms in total. The molecule has 1 amide bonds. The first kappa shape index (κ1) is 15.1. The van der Waals surface area contributed by atoms with Crippen LogP contribution >= 0.6 is 0 Å². The van der Waals surface area contributed by atoms with Crippen molar-refractivity contribution in [1.82, 2.24) is 5.32 Å². The quantitative estimate of drug-likeness (QED) is 0.744. The normalized spacial score (nSPS) is 11.8. The van der Waals surface area contributed by atoms with Crippen LogP contribution in [0.4, 0.5) is 0 Å². The largest absolute Gasteiger partial charge is 0.467 e. The lowest BCUT2D eigenvalue weighted by atomic mass is 10.0. The number of nitrogens with one attached hydrogen (secondary N) is 1. The van der Waals surface area contributed by atoms with E-state index in [1.165, 1.54) is 0 Å². The van der Waals surface area contributed by atoms with Crippen LogP contribution in [0.3, 0.4) is 0 Å². The van der Waals surface area contributed by atoms with Gasteiger partial charge in [-0.2, -0.15) is 0 Å². The van der Waals surface area contributed by atoms with Crippen LogP contribution in [0.5, 0.6) is 0 Å².